The molecule has 3 amide bonds. The zero-order valence-electron chi connectivity index (χ0n) is 15.2. The van der Waals surface area contributed by atoms with Crippen LogP contribution in [0.5, 0.6) is 0 Å². The average molecular weight is 375 g/mol. The molecular formula is C22H21N3O3. The van der Waals surface area contributed by atoms with E-state index in [-0.39, 0.29) is 18.9 Å². The van der Waals surface area contributed by atoms with Crippen molar-refractivity contribution in [3.05, 3.63) is 83.9 Å². The minimum absolute atomic E-state index is 0.159. The average Bonchev–Trinajstić information content (AvgIpc) is 2.71. The third-order valence-corrected chi connectivity index (χ3v) is 4.40. The van der Waals surface area contributed by atoms with Crippen LogP contribution in [0.1, 0.15) is 17.2 Å². The highest BCUT2D eigenvalue weighted by Crippen LogP contribution is 2.18. The number of hydrogen-bond donors (Lipinski definition) is 3. The van der Waals surface area contributed by atoms with E-state index < -0.39 is 17.9 Å². The van der Waals surface area contributed by atoms with Crippen LogP contribution in [-0.2, 0) is 20.8 Å². The lowest BCUT2D eigenvalue weighted by molar-refractivity contribution is -0.128. The van der Waals surface area contributed by atoms with Crippen molar-refractivity contribution in [2.75, 3.05) is 6.54 Å². The Bertz CT molecular complexity index is 997. The fraction of sp³-hybridized carbons (Fsp3) is 0.136. The lowest BCUT2D eigenvalue weighted by atomic mass is 10.0. The van der Waals surface area contributed by atoms with E-state index in [1.54, 1.807) is 30.3 Å². The molecule has 28 heavy (non-hydrogen) atoms. The molecule has 0 saturated carbocycles. The second-order valence-corrected chi connectivity index (χ2v) is 6.41. The van der Waals surface area contributed by atoms with Gasteiger partial charge in [0.1, 0.15) is 6.04 Å². The van der Waals surface area contributed by atoms with Gasteiger partial charge in [0.05, 0.1) is 13.0 Å². The largest absolute Gasteiger partial charge is 0.368 e. The molecule has 0 aromatic heterocycles. The third-order valence-electron chi connectivity index (χ3n) is 4.40. The molecule has 0 radical (unpaired) electrons. The number of primary amides is 1. The molecule has 1 atom stereocenters. The van der Waals surface area contributed by atoms with E-state index in [0.717, 1.165) is 16.3 Å². The second kappa shape index (κ2) is 8.81. The lowest BCUT2D eigenvalue weighted by Gasteiger charge is -2.16. The molecule has 3 aromatic rings. The quantitative estimate of drug-likeness (QED) is 0.587. The monoisotopic (exact) mass is 375 g/mol. The molecule has 3 rings (SSSR count). The molecular weight excluding hydrogens is 354 g/mol. The minimum atomic E-state index is -0.941. The first kappa shape index (κ1) is 19.1. The Balaban J connectivity index is 1.58. The Hall–Kier alpha value is -3.67. The van der Waals surface area contributed by atoms with E-state index in [2.05, 4.69) is 10.6 Å². The number of benzene rings is 3. The number of rotatable bonds is 7. The van der Waals surface area contributed by atoms with Gasteiger partial charge in [-0.05, 0) is 21.9 Å². The molecule has 4 N–H and O–H groups in total. The highest BCUT2D eigenvalue weighted by atomic mass is 16.2. The van der Waals surface area contributed by atoms with Crippen LogP contribution in [0, 0.1) is 0 Å². The maximum absolute atomic E-state index is 12.3. The predicted molar refractivity (Wildman–Crippen MR) is 107 cm³/mol. The summed E-state index contributed by atoms with van der Waals surface area (Å²) >= 11 is 0. The molecule has 6 nitrogen and oxygen atoms in total. The Morgan fingerprint density at radius 2 is 1.50 bits per heavy atom. The smallest absolute Gasteiger partial charge is 0.244 e. The van der Waals surface area contributed by atoms with Crippen LogP contribution in [0.3, 0.4) is 0 Å². The highest BCUT2D eigenvalue weighted by Gasteiger charge is 2.20. The van der Waals surface area contributed by atoms with E-state index in [0.29, 0.717) is 5.56 Å². The van der Waals surface area contributed by atoms with Crippen molar-refractivity contribution in [1.29, 1.82) is 0 Å². The Labute approximate surface area is 162 Å². The van der Waals surface area contributed by atoms with Crippen molar-refractivity contribution in [2.45, 2.75) is 12.5 Å². The minimum Gasteiger partial charge on any atom is -0.368 e. The van der Waals surface area contributed by atoms with Gasteiger partial charge in [-0.1, -0.05) is 72.8 Å². The van der Waals surface area contributed by atoms with Gasteiger partial charge in [-0.2, -0.15) is 0 Å². The number of nitrogens with one attached hydrogen (secondary N) is 2. The molecule has 6 heteroatoms. The van der Waals surface area contributed by atoms with Crippen LogP contribution in [0.15, 0.2) is 72.8 Å². The normalized spacial score (nSPS) is 11.6. The number of nitrogens with two attached hydrogens (primary N) is 1. The van der Waals surface area contributed by atoms with Gasteiger partial charge in [-0.3, -0.25) is 14.4 Å². The summed E-state index contributed by atoms with van der Waals surface area (Å²) in [5.74, 6) is -1.43. The molecule has 0 aliphatic carbocycles. The highest BCUT2D eigenvalue weighted by molar-refractivity contribution is 5.93. The maximum Gasteiger partial charge on any atom is 0.244 e. The zero-order chi connectivity index (χ0) is 19.9. The SMILES string of the molecule is NC(=O)C(NC(=O)CNC(=O)Cc1cccc2ccccc12)c1ccccc1. The zero-order valence-corrected chi connectivity index (χ0v) is 15.2. The van der Waals surface area contributed by atoms with Gasteiger partial charge in [0.2, 0.25) is 17.7 Å². The molecule has 0 saturated heterocycles. The summed E-state index contributed by atoms with van der Waals surface area (Å²) in [5.41, 5.74) is 6.86. The summed E-state index contributed by atoms with van der Waals surface area (Å²) in [6, 6.07) is 21.4. The van der Waals surface area contributed by atoms with E-state index in [4.69, 9.17) is 5.73 Å². The van der Waals surface area contributed by atoms with Crippen molar-refractivity contribution in [3.8, 4) is 0 Å². The fourth-order valence-corrected chi connectivity index (χ4v) is 3.04. The molecule has 3 aromatic carbocycles. The van der Waals surface area contributed by atoms with Crippen LogP contribution < -0.4 is 16.4 Å². The van der Waals surface area contributed by atoms with Crippen molar-refractivity contribution in [3.63, 3.8) is 0 Å². The fourth-order valence-electron chi connectivity index (χ4n) is 3.04. The summed E-state index contributed by atoms with van der Waals surface area (Å²) < 4.78 is 0. The maximum atomic E-state index is 12.3. The molecule has 142 valence electrons. The van der Waals surface area contributed by atoms with Crippen molar-refractivity contribution < 1.29 is 14.4 Å². The van der Waals surface area contributed by atoms with Gasteiger partial charge in [-0.15, -0.1) is 0 Å². The Morgan fingerprint density at radius 3 is 2.25 bits per heavy atom. The number of carbonyl (C=O) groups excluding carboxylic acids is 3. The predicted octanol–water partition coefficient (Wildman–Crippen LogP) is 1.84. The Morgan fingerprint density at radius 1 is 0.821 bits per heavy atom. The van der Waals surface area contributed by atoms with Crippen LogP contribution in [-0.4, -0.2) is 24.3 Å². The third kappa shape index (κ3) is 4.73. The second-order valence-electron chi connectivity index (χ2n) is 6.41. The van der Waals surface area contributed by atoms with Crippen LogP contribution in [0.2, 0.25) is 0 Å². The molecule has 0 aliphatic rings. The van der Waals surface area contributed by atoms with E-state index >= 15 is 0 Å². The van der Waals surface area contributed by atoms with Gasteiger partial charge < -0.3 is 16.4 Å². The number of carbonyl (C=O) groups is 3. The number of hydrogen-bond acceptors (Lipinski definition) is 3. The van der Waals surface area contributed by atoms with Crippen LogP contribution in [0.4, 0.5) is 0 Å². The van der Waals surface area contributed by atoms with Gasteiger partial charge in [0.15, 0.2) is 0 Å². The summed E-state index contributed by atoms with van der Waals surface area (Å²) in [6.07, 6.45) is 0.159. The van der Waals surface area contributed by atoms with E-state index in [9.17, 15) is 14.4 Å². The van der Waals surface area contributed by atoms with Crippen molar-refractivity contribution in [2.24, 2.45) is 5.73 Å². The van der Waals surface area contributed by atoms with Crippen molar-refractivity contribution in [1.82, 2.24) is 10.6 Å². The lowest BCUT2D eigenvalue weighted by Crippen LogP contribution is -2.43. The summed E-state index contributed by atoms with van der Waals surface area (Å²) in [5, 5.41) is 7.20. The van der Waals surface area contributed by atoms with Gasteiger partial charge in [0, 0.05) is 0 Å². The standard InChI is InChI=1S/C22H21N3O3/c23-22(28)21(16-8-2-1-3-9-16)25-20(27)14-24-19(26)13-17-11-6-10-15-7-4-5-12-18(15)17/h1-12,21H,13-14H2,(H2,23,28)(H,24,26)(H,25,27). The molecule has 0 bridgehead atoms. The molecule has 1 unspecified atom stereocenters. The summed E-state index contributed by atoms with van der Waals surface area (Å²) in [6.45, 7) is -0.236. The first-order valence-corrected chi connectivity index (χ1v) is 8.91. The van der Waals surface area contributed by atoms with E-state index in [1.807, 2.05) is 42.5 Å². The number of amides is 3. The summed E-state index contributed by atoms with van der Waals surface area (Å²) in [7, 11) is 0. The Kier molecular flexibility index (Phi) is 6.01. The first-order valence-electron chi connectivity index (χ1n) is 8.91. The van der Waals surface area contributed by atoms with Gasteiger partial charge >= 0.3 is 0 Å². The molecule has 0 aliphatic heterocycles. The summed E-state index contributed by atoms with van der Waals surface area (Å²) in [4.78, 5) is 36.1. The van der Waals surface area contributed by atoms with Gasteiger partial charge in [0.25, 0.3) is 0 Å². The van der Waals surface area contributed by atoms with E-state index in [1.165, 1.54) is 0 Å². The van der Waals surface area contributed by atoms with Crippen LogP contribution in [0.25, 0.3) is 10.8 Å². The van der Waals surface area contributed by atoms with Crippen LogP contribution >= 0.6 is 0 Å². The first-order chi connectivity index (χ1) is 13.5. The number of fused-ring (bicyclic) bond motifs is 1. The van der Waals surface area contributed by atoms with Gasteiger partial charge in [-0.25, -0.2) is 0 Å². The molecule has 0 fully saturated rings. The molecule has 0 heterocycles. The molecule has 0 spiro atoms. The van der Waals surface area contributed by atoms with Crippen molar-refractivity contribution >= 4 is 28.5 Å². The topological polar surface area (TPSA) is 101 Å².